The average Bonchev–Trinajstić information content (AvgIpc) is 2.80. The van der Waals surface area contributed by atoms with Gasteiger partial charge in [-0.15, -0.1) is 0 Å². The average molecular weight is 269 g/mol. The highest BCUT2D eigenvalue weighted by atomic mass is 16.5. The number of hydrogen-bond acceptors (Lipinski definition) is 5. The molecule has 0 amide bonds. The van der Waals surface area contributed by atoms with E-state index in [2.05, 4.69) is 36.2 Å². The predicted molar refractivity (Wildman–Crippen MR) is 74.9 cm³/mol. The summed E-state index contributed by atoms with van der Waals surface area (Å²) in [7, 11) is 0. The first-order valence-electron chi connectivity index (χ1n) is 7.28. The zero-order valence-corrected chi connectivity index (χ0v) is 12.6. The Morgan fingerprint density at radius 2 is 2.11 bits per heavy atom. The van der Waals surface area contributed by atoms with E-state index in [0.717, 1.165) is 25.8 Å². The fourth-order valence-corrected chi connectivity index (χ4v) is 1.99. The Morgan fingerprint density at radius 1 is 1.32 bits per heavy atom. The second-order valence-corrected chi connectivity index (χ2v) is 5.23. The zero-order chi connectivity index (χ0) is 14.1. The summed E-state index contributed by atoms with van der Waals surface area (Å²) in [5.74, 6) is 1.99. The van der Waals surface area contributed by atoms with E-state index in [1.807, 2.05) is 6.92 Å². The third-order valence-corrected chi connectivity index (χ3v) is 2.81. The first-order valence-corrected chi connectivity index (χ1v) is 7.28. The molecule has 0 saturated heterocycles. The maximum atomic E-state index is 5.27. The van der Waals surface area contributed by atoms with Gasteiger partial charge in [0.15, 0.2) is 5.82 Å². The highest BCUT2D eigenvalue weighted by Crippen LogP contribution is 2.10. The summed E-state index contributed by atoms with van der Waals surface area (Å²) >= 11 is 0. The molecule has 1 aromatic rings. The maximum Gasteiger partial charge on any atom is 0.228 e. The topological polar surface area (TPSA) is 60.2 Å². The van der Waals surface area contributed by atoms with E-state index in [-0.39, 0.29) is 0 Å². The minimum Gasteiger partial charge on any atom is -0.374 e. The molecule has 5 heteroatoms. The maximum absolute atomic E-state index is 5.27. The molecule has 1 N–H and O–H groups in total. The van der Waals surface area contributed by atoms with Crippen molar-refractivity contribution in [3.63, 3.8) is 0 Å². The second kappa shape index (κ2) is 9.04. The molecule has 1 heterocycles. The summed E-state index contributed by atoms with van der Waals surface area (Å²) < 4.78 is 10.5. The Morgan fingerprint density at radius 3 is 2.74 bits per heavy atom. The Kier molecular flexibility index (Phi) is 7.67. The number of ether oxygens (including phenoxy) is 1. The minimum absolute atomic E-state index is 0.403. The number of hydrogen-bond donors (Lipinski definition) is 1. The van der Waals surface area contributed by atoms with Crippen molar-refractivity contribution in [3.8, 4) is 0 Å². The van der Waals surface area contributed by atoms with E-state index in [0.29, 0.717) is 36.9 Å². The molecule has 0 radical (unpaired) electrons. The van der Waals surface area contributed by atoms with E-state index in [1.54, 1.807) is 0 Å². The van der Waals surface area contributed by atoms with Crippen molar-refractivity contribution in [2.75, 3.05) is 13.2 Å². The fourth-order valence-electron chi connectivity index (χ4n) is 1.99. The summed E-state index contributed by atoms with van der Waals surface area (Å²) in [5, 5.41) is 7.47. The zero-order valence-electron chi connectivity index (χ0n) is 12.6. The molecule has 19 heavy (non-hydrogen) atoms. The van der Waals surface area contributed by atoms with Crippen LogP contribution < -0.4 is 5.32 Å². The lowest BCUT2D eigenvalue weighted by Crippen LogP contribution is -2.33. The van der Waals surface area contributed by atoms with Crippen LogP contribution in [0.2, 0.25) is 0 Å². The predicted octanol–water partition coefficient (Wildman–Crippen LogP) is 2.56. The highest BCUT2D eigenvalue weighted by Gasteiger charge is 2.15. The van der Waals surface area contributed by atoms with Gasteiger partial charge in [-0.3, -0.25) is 0 Å². The van der Waals surface area contributed by atoms with Gasteiger partial charge in [0.25, 0.3) is 0 Å². The van der Waals surface area contributed by atoms with Crippen molar-refractivity contribution < 1.29 is 9.26 Å². The van der Waals surface area contributed by atoms with Gasteiger partial charge in [-0.05, 0) is 32.2 Å². The summed E-state index contributed by atoms with van der Waals surface area (Å²) in [5.41, 5.74) is 0. The van der Waals surface area contributed by atoms with Gasteiger partial charge >= 0.3 is 0 Å². The van der Waals surface area contributed by atoms with Gasteiger partial charge in [0.05, 0.1) is 0 Å². The number of nitrogens with zero attached hydrogens (tertiary/aromatic N) is 2. The van der Waals surface area contributed by atoms with E-state index in [9.17, 15) is 0 Å². The van der Waals surface area contributed by atoms with Crippen LogP contribution in [-0.4, -0.2) is 29.3 Å². The normalized spacial score (nSPS) is 13.1. The molecule has 1 aromatic heterocycles. The van der Waals surface area contributed by atoms with Gasteiger partial charge < -0.3 is 14.6 Å². The molecule has 0 aliphatic heterocycles. The van der Waals surface area contributed by atoms with Crippen LogP contribution >= 0.6 is 0 Å². The van der Waals surface area contributed by atoms with Gasteiger partial charge in [-0.2, -0.15) is 4.98 Å². The van der Waals surface area contributed by atoms with Gasteiger partial charge in [0.1, 0.15) is 6.61 Å². The molecule has 1 atom stereocenters. The molecule has 110 valence electrons. The fraction of sp³-hybridized carbons (Fsp3) is 0.857. The van der Waals surface area contributed by atoms with Crippen molar-refractivity contribution in [2.24, 2.45) is 5.92 Å². The van der Waals surface area contributed by atoms with Crippen LogP contribution in [0.5, 0.6) is 0 Å². The van der Waals surface area contributed by atoms with Gasteiger partial charge in [-0.1, -0.05) is 25.9 Å². The van der Waals surface area contributed by atoms with Gasteiger partial charge in [0.2, 0.25) is 5.89 Å². The monoisotopic (exact) mass is 269 g/mol. The SMILES string of the molecule is CCCNC(Cc1nc(COCC)no1)CC(C)C. The molecule has 1 rings (SSSR count). The number of rotatable bonds is 10. The lowest BCUT2D eigenvalue weighted by Gasteiger charge is -2.18. The lowest BCUT2D eigenvalue weighted by atomic mass is 10.0. The third kappa shape index (κ3) is 6.68. The van der Waals surface area contributed by atoms with Crippen LogP contribution in [0.4, 0.5) is 0 Å². The van der Waals surface area contributed by atoms with Crippen molar-refractivity contribution in [2.45, 2.75) is 59.6 Å². The van der Waals surface area contributed by atoms with Crippen molar-refractivity contribution in [1.29, 1.82) is 0 Å². The van der Waals surface area contributed by atoms with Gasteiger partial charge in [-0.25, -0.2) is 0 Å². The van der Waals surface area contributed by atoms with Crippen LogP contribution in [-0.2, 0) is 17.8 Å². The van der Waals surface area contributed by atoms with Crippen molar-refractivity contribution >= 4 is 0 Å². The Bertz CT molecular complexity index is 339. The van der Waals surface area contributed by atoms with Crippen LogP contribution in [0.1, 0.15) is 52.3 Å². The molecular formula is C14H27N3O2. The molecule has 0 aromatic carbocycles. The third-order valence-electron chi connectivity index (χ3n) is 2.81. The molecular weight excluding hydrogens is 242 g/mol. The first kappa shape index (κ1) is 16.1. The number of aromatic nitrogens is 2. The number of nitrogens with one attached hydrogen (secondary N) is 1. The molecule has 0 aliphatic carbocycles. The van der Waals surface area contributed by atoms with Gasteiger partial charge in [0, 0.05) is 19.1 Å². The van der Waals surface area contributed by atoms with E-state index in [4.69, 9.17) is 9.26 Å². The molecule has 0 saturated carbocycles. The van der Waals surface area contributed by atoms with Crippen molar-refractivity contribution in [3.05, 3.63) is 11.7 Å². The minimum atomic E-state index is 0.403. The quantitative estimate of drug-likeness (QED) is 0.707. The van der Waals surface area contributed by atoms with Crippen LogP contribution in [0.3, 0.4) is 0 Å². The standard InChI is InChI=1S/C14H27N3O2/c1-5-7-15-12(8-11(3)4)9-14-16-13(17-19-14)10-18-6-2/h11-12,15H,5-10H2,1-4H3. The summed E-state index contributed by atoms with van der Waals surface area (Å²) in [4.78, 5) is 4.36. The van der Waals surface area contributed by atoms with Crippen LogP contribution in [0.25, 0.3) is 0 Å². The molecule has 0 aliphatic rings. The Hall–Kier alpha value is -0.940. The molecule has 1 unspecified atom stereocenters. The Labute approximate surface area is 116 Å². The van der Waals surface area contributed by atoms with Crippen molar-refractivity contribution in [1.82, 2.24) is 15.5 Å². The largest absolute Gasteiger partial charge is 0.374 e. The summed E-state index contributed by atoms with van der Waals surface area (Å²) in [6.07, 6.45) is 3.04. The Balaban J connectivity index is 2.49. The van der Waals surface area contributed by atoms with Crippen LogP contribution in [0.15, 0.2) is 4.52 Å². The smallest absolute Gasteiger partial charge is 0.228 e. The highest BCUT2D eigenvalue weighted by molar-refractivity contribution is 4.89. The van der Waals surface area contributed by atoms with E-state index < -0.39 is 0 Å². The molecule has 0 bridgehead atoms. The molecule has 5 nitrogen and oxygen atoms in total. The lowest BCUT2D eigenvalue weighted by molar-refractivity contribution is 0.126. The summed E-state index contributed by atoms with van der Waals surface area (Å²) in [6.45, 7) is 10.7. The van der Waals surface area contributed by atoms with Crippen LogP contribution in [0, 0.1) is 5.92 Å². The van der Waals surface area contributed by atoms with E-state index >= 15 is 0 Å². The first-order chi connectivity index (χ1) is 9.15. The summed E-state index contributed by atoms with van der Waals surface area (Å²) in [6, 6.07) is 0.403. The second-order valence-electron chi connectivity index (χ2n) is 5.23. The van der Waals surface area contributed by atoms with E-state index in [1.165, 1.54) is 0 Å². The molecule has 0 spiro atoms. The molecule has 0 fully saturated rings.